The highest BCUT2D eigenvalue weighted by molar-refractivity contribution is 6.00. The van der Waals surface area contributed by atoms with E-state index in [0.717, 1.165) is 30.4 Å². The maximum Gasteiger partial charge on any atom is 0.323 e. The molecule has 3 aromatic rings. The number of carbonyl (C=O) groups is 7. The Morgan fingerprint density at radius 1 is 0.852 bits per heavy atom. The van der Waals surface area contributed by atoms with Gasteiger partial charge in [-0.2, -0.15) is 0 Å². The molecular formula is C48H61N5O8. The number of ketones is 3. The van der Waals surface area contributed by atoms with E-state index in [-0.39, 0.29) is 67.7 Å². The first-order valence-corrected chi connectivity index (χ1v) is 21.4. The standard InChI is InChI=1S/C48H61N5O8/c1-33(2)45(59)48(25-8-4-9-26-48)31-42(55)41(17-11-18-44(57)58)52-46(60)37(15-7-10-28-50-43(56)24-21-36-14-12-27-49-32-36)30-39(54)29-35-19-22-38(23-20-35)51-47(61)53-40-16-6-5-13-34(40)3/h5-6,12-14,16,19-24,27,32-33,37,41H,4,7-11,15,17-18,25-26,28-31H2,1-3H3,(H,50,56)(H,52,60)(H,57,58)(H2,51,53,61)/b24-21+/t37-,41-/m0/s1. The molecule has 5 N–H and O–H groups in total. The first-order valence-electron chi connectivity index (χ1n) is 21.4. The molecule has 1 saturated carbocycles. The fraction of sp³-hybridized carbons (Fsp3) is 0.458. The van der Waals surface area contributed by atoms with Crippen LogP contribution in [0.5, 0.6) is 0 Å². The Labute approximate surface area is 359 Å². The normalized spacial score (nSPS) is 14.4. The number of anilines is 2. The number of urea groups is 1. The zero-order valence-electron chi connectivity index (χ0n) is 35.7. The molecule has 1 aliphatic carbocycles. The van der Waals surface area contributed by atoms with Crippen LogP contribution in [-0.2, 0) is 35.2 Å². The molecule has 1 aliphatic rings. The lowest BCUT2D eigenvalue weighted by Gasteiger charge is -2.37. The van der Waals surface area contributed by atoms with E-state index in [2.05, 4.69) is 26.3 Å². The summed E-state index contributed by atoms with van der Waals surface area (Å²) >= 11 is 0. The topological polar surface area (TPSA) is 201 Å². The molecule has 0 radical (unpaired) electrons. The number of aliphatic carboxylic acids is 1. The predicted molar refractivity (Wildman–Crippen MR) is 236 cm³/mol. The van der Waals surface area contributed by atoms with Gasteiger partial charge in [0.15, 0.2) is 5.78 Å². The zero-order chi connectivity index (χ0) is 44.2. The van der Waals surface area contributed by atoms with Crippen LogP contribution in [0.3, 0.4) is 0 Å². The molecule has 2 aromatic carbocycles. The third-order valence-electron chi connectivity index (χ3n) is 11.2. The van der Waals surface area contributed by atoms with E-state index in [9.17, 15) is 38.7 Å². The molecule has 0 aliphatic heterocycles. The number of carbonyl (C=O) groups excluding carboxylic acids is 6. The minimum absolute atomic E-state index is 0.0274. The molecule has 1 heterocycles. The number of nitrogens with zero attached hydrogens (tertiary/aromatic N) is 1. The van der Waals surface area contributed by atoms with Gasteiger partial charge >= 0.3 is 12.0 Å². The Morgan fingerprint density at radius 3 is 2.26 bits per heavy atom. The maximum absolute atomic E-state index is 14.1. The second kappa shape index (κ2) is 24.3. The SMILES string of the molecule is Cc1ccccc1NC(=O)Nc1ccc(CC(=O)C[C@H](CCCCNC(=O)/C=C/c2cccnc2)C(=O)N[C@@H](CCCC(=O)O)C(=O)CC2(C(=O)C(C)C)CCCCC2)cc1. The summed E-state index contributed by atoms with van der Waals surface area (Å²) < 4.78 is 0. The quantitative estimate of drug-likeness (QED) is 0.0438. The summed E-state index contributed by atoms with van der Waals surface area (Å²) in [6.45, 7) is 5.90. The fourth-order valence-corrected chi connectivity index (χ4v) is 7.91. The van der Waals surface area contributed by atoms with Crippen LogP contribution < -0.4 is 21.3 Å². The van der Waals surface area contributed by atoms with Crippen LogP contribution in [0.4, 0.5) is 16.2 Å². The van der Waals surface area contributed by atoms with Crippen molar-refractivity contribution >= 4 is 58.6 Å². The van der Waals surface area contributed by atoms with Crippen molar-refractivity contribution in [3.63, 3.8) is 0 Å². The van der Waals surface area contributed by atoms with Gasteiger partial charge in [0.2, 0.25) is 11.8 Å². The summed E-state index contributed by atoms with van der Waals surface area (Å²) in [5.74, 6) is -3.34. The average Bonchev–Trinajstić information content (AvgIpc) is 3.23. The zero-order valence-corrected chi connectivity index (χ0v) is 35.7. The number of Topliss-reactive ketones (excluding diaryl/α,β-unsaturated/α-hetero) is 3. The van der Waals surface area contributed by atoms with Gasteiger partial charge in [-0.05, 0) is 92.5 Å². The molecule has 0 unspecified atom stereocenters. The number of aryl methyl sites for hydroxylation is 1. The molecule has 1 aromatic heterocycles. The van der Waals surface area contributed by atoms with Crippen molar-refractivity contribution in [2.45, 2.75) is 117 Å². The largest absolute Gasteiger partial charge is 0.481 e. The summed E-state index contributed by atoms with van der Waals surface area (Å²) in [7, 11) is 0. The first kappa shape index (κ1) is 47.7. The van der Waals surface area contributed by atoms with Gasteiger partial charge in [0.1, 0.15) is 11.6 Å². The first-order chi connectivity index (χ1) is 29.2. The monoisotopic (exact) mass is 835 g/mol. The van der Waals surface area contributed by atoms with Crippen LogP contribution in [0.2, 0.25) is 0 Å². The molecule has 0 spiro atoms. The van der Waals surface area contributed by atoms with Gasteiger partial charge < -0.3 is 26.4 Å². The number of para-hydroxylation sites is 1. The van der Waals surface area contributed by atoms with Crippen molar-refractivity contribution in [3.05, 3.63) is 95.8 Å². The van der Waals surface area contributed by atoms with Crippen molar-refractivity contribution in [3.8, 4) is 0 Å². The molecule has 13 nitrogen and oxygen atoms in total. The highest BCUT2D eigenvalue weighted by atomic mass is 16.4. The minimum atomic E-state index is -1.02. The summed E-state index contributed by atoms with van der Waals surface area (Å²) in [6, 6.07) is 16.4. The molecule has 4 amide bonds. The Balaban J connectivity index is 1.43. The molecule has 326 valence electrons. The van der Waals surface area contributed by atoms with Crippen molar-refractivity contribution < 1.29 is 38.7 Å². The van der Waals surface area contributed by atoms with Crippen LogP contribution in [0.1, 0.15) is 114 Å². The number of aromatic nitrogens is 1. The summed E-state index contributed by atoms with van der Waals surface area (Å²) in [6.07, 6.45) is 11.4. The van der Waals surface area contributed by atoms with Crippen LogP contribution in [-0.4, -0.2) is 63.8 Å². The maximum atomic E-state index is 14.1. The van der Waals surface area contributed by atoms with E-state index in [1.165, 1.54) is 6.08 Å². The van der Waals surface area contributed by atoms with Crippen LogP contribution in [0, 0.1) is 24.2 Å². The average molecular weight is 836 g/mol. The third-order valence-corrected chi connectivity index (χ3v) is 11.2. The number of hydrogen-bond acceptors (Lipinski definition) is 8. The fourth-order valence-electron chi connectivity index (χ4n) is 7.91. The number of hydrogen-bond donors (Lipinski definition) is 5. The van der Waals surface area contributed by atoms with Crippen LogP contribution in [0.25, 0.3) is 6.08 Å². The lowest BCUT2D eigenvalue weighted by molar-refractivity contribution is -0.140. The van der Waals surface area contributed by atoms with E-state index >= 15 is 0 Å². The molecule has 0 bridgehead atoms. The lowest BCUT2D eigenvalue weighted by Crippen LogP contribution is -2.47. The number of rotatable bonds is 24. The number of pyridine rings is 1. The number of carboxylic acids is 1. The van der Waals surface area contributed by atoms with Crippen molar-refractivity contribution in [2.24, 2.45) is 17.3 Å². The molecule has 13 heteroatoms. The molecule has 1 fully saturated rings. The van der Waals surface area contributed by atoms with E-state index in [0.29, 0.717) is 55.6 Å². The number of unbranched alkanes of at least 4 members (excludes halogenated alkanes) is 1. The number of carboxylic acid groups (broad SMARTS) is 1. The molecular weight excluding hydrogens is 775 g/mol. The van der Waals surface area contributed by atoms with Crippen LogP contribution in [0.15, 0.2) is 79.1 Å². The second-order valence-electron chi connectivity index (χ2n) is 16.5. The predicted octanol–water partition coefficient (Wildman–Crippen LogP) is 8.03. The van der Waals surface area contributed by atoms with Crippen molar-refractivity contribution in [2.75, 3.05) is 17.2 Å². The van der Waals surface area contributed by atoms with E-state index < -0.39 is 35.3 Å². The highest BCUT2D eigenvalue weighted by Gasteiger charge is 2.43. The smallest absolute Gasteiger partial charge is 0.323 e. The Bertz CT molecular complexity index is 1990. The van der Waals surface area contributed by atoms with Crippen LogP contribution >= 0.6 is 0 Å². The van der Waals surface area contributed by atoms with E-state index in [1.807, 2.05) is 45.0 Å². The summed E-state index contributed by atoms with van der Waals surface area (Å²) in [5.41, 5.74) is 2.78. The number of amides is 4. The lowest BCUT2D eigenvalue weighted by atomic mass is 9.65. The molecule has 2 atom stereocenters. The van der Waals surface area contributed by atoms with E-state index in [1.54, 1.807) is 54.9 Å². The number of nitrogens with one attached hydrogen (secondary N) is 4. The number of benzene rings is 2. The van der Waals surface area contributed by atoms with Gasteiger partial charge in [-0.1, -0.05) is 75.9 Å². The molecule has 0 saturated heterocycles. The summed E-state index contributed by atoms with van der Waals surface area (Å²) in [4.78, 5) is 95.8. The van der Waals surface area contributed by atoms with Gasteiger partial charge in [-0.15, -0.1) is 0 Å². The van der Waals surface area contributed by atoms with Crippen molar-refractivity contribution in [1.82, 2.24) is 15.6 Å². The second-order valence-corrected chi connectivity index (χ2v) is 16.5. The molecule has 61 heavy (non-hydrogen) atoms. The Hall–Kier alpha value is -5.98. The van der Waals surface area contributed by atoms with Gasteiger partial charge in [0.25, 0.3) is 0 Å². The molecule has 4 rings (SSSR count). The Morgan fingerprint density at radius 2 is 1.59 bits per heavy atom. The van der Waals surface area contributed by atoms with Gasteiger partial charge in [0.05, 0.1) is 6.04 Å². The van der Waals surface area contributed by atoms with Gasteiger partial charge in [-0.3, -0.25) is 33.8 Å². The van der Waals surface area contributed by atoms with Crippen molar-refractivity contribution in [1.29, 1.82) is 0 Å². The minimum Gasteiger partial charge on any atom is -0.481 e. The summed E-state index contributed by atoms with van der Waals surface area (Å²) in [5, 5.41) is 20.7. The van der Waals surface area contributed by atoms with Gasteiger partial charge in [0, 0.05) is 79.3 Å². The Kier molecular flexibility index (Phi) is 19.0. The third kappa shape index (κ3) is 16.2. The van der Waals surface area contributed by atoms with Gasteiger partial charge in [-0.25, -0.2) is 4.79 Å². The van der Waals surface area contributed by atoms with E-state index in [4.69, 9.17) is 0 Å². The highest BCUT2D eigenvalue weighted by Crippen LogP contribution is 2.42.